The smallest absolute Gasteiger partial charge is 0.664 e. The molecule has 0 fully saturated rings. The number of hydrogen-bond acceptors (Lipinski definition) is 10. The molecule has 0 saturated heterocycles. The van der Waals surface area contributed by atoms with Gasteiger partial charge in [-0.2, -0.15) is 11.4 Å². The van der Waals surface area contributed by atoms with E-state index in [1.165, 1.54) is 31.2 Å². The Morgan fingerprint density at radius 3 is 1.63 bits per heavy atom. The molecule has 8 bridgehead atoms. The number of nitrogens with zero attached hydrogens (tertiary/aromatic N) is 4. The minimum atomic E-state index is -1.51. The maximum Gasteiger partial charge on any atom is 3.00 e. The normalized spacial score (nSPS) is 22.0. The molecule has 63 heavy (non-hydrogen) atoms. The molecule has 0 spiro atoms. The van der Waals surface area contributed by atoms with E-state index < -0.39 is 134 Å². The molecule has 2 aromatic heterocycles. The van der Waals surface area contributed by atoms with Crippen LogP contribution in [0.25, 0.3) is 11.0 Å². The number of hydrogen-bond donors (Lipinski definition) is 8. The molecular formula is C42H46CoN4O16+. The van der Waals surface area contributed by atoms with Gasteiger partial charge in [0.05, 0.1) is 25.7 Å². The molecule has 6 atom stereocenters. The van der Waals surface area contributed by atoms with Gasteiger partial charge in [0.2, 0.25) is 0 Å². The molecule has 21 heteroatoms. The quantitative estimate of drug-likeness (QED) is 0.0933. The summed E-state index contributed by atoms with van der Waals surface area (Å²) in [6.45, 7) is 3.08. The van der Waals surface area contributed by atoms with E-state index in [4.69, 9.17) is 19.9 Å². The maximum absolute atomic E-state index is 12.6. The number of carbonyl (C=O) groups is 8. The second-order valence-electron chi connectivity index (χ2n) is 16.4. The Morgan fingerprint density at radius 1 is 0.540 bits per heavy atom. The molecule has 0 aromatic carbocycles. The van der Waals surface area contributed by atoms with Crippen LogP contribution < -0.4 is 9.97 Å². The van der Waals surface area contributed by atoms with E-state index in [2.05, 4.69) is 0 Å². The second-order valence-corrected chi connectivity index (χ2v) is 16.4. The molecule has 0 amide bonds. The fourth-order valence-electron chi connectivity index (χ4n) is 9.19. The Hall–Kier alpha value is -6.35. The third-order valence-electron chi connectivity index (χ3n) is 12.1. The summed E-state index contributed by atoms with van der Waals surface area (Å²) < 4.78 is 0. The fourth-order valence-corrected chi connectivity index (χ4v) is 9.19. The van der Waals surface area contributed by atoms with Crippen LogP contribution in [0, 0.1) is 0 Å². The molecule has 6 unspecified atom stereocenters. The zero-order valence-corrected chi connectivity index (χ0v) is 35.1. The topological polar surface area (TPSA) is 352 Å². The van der Waals surface area contributed by atoms with E-state index in [1.54, 1.807) is 6.92 Å². The van der Waals surface area contributed by atoms with Crippen LogP contribution in [0.15, 0.2) is 24.3 Å². The van der Waals surface area contributed by atoms with Crippen LogP contribution in [0.3, 0.4) is 0 Å². The van der Waals surface area contributed by atoms with Gasteiger partial charge < -0.3 is 50.8 Å². The Labute approximate surface area is 368 Å². The minimum Gasteiger partial charge on any atom is -0.664 e. The molecule has 20 nitrogen and oxygen atoms in total. The first-order valence-electron chi connectivity index (χ1n) is 19.7. The third kappa shape index (κ3) is 11.2. The van der Waals surface area contributed by atoms with Gasteiger partial charge in [0.25, 0.3) is 0 Å². The third-order valence-corrected chi connectivity index (χ3v) is 12.1. The summed E-state index contributed by atoms with van der Waals surface area (Å²) in [4.78, 5) is 117. The van der Waals surface area contributed by atoms with Crippen LogP contribution in [0.4, 0.5) is 0 Å². The molecule has 3 aliphatic rings. The van der Waals surface area contributed by atoms with Crippen molar-refractivity contribution in [3.63, 3.8) is 0 Å². The monoisotopic (exact) mass is 921 g/mol. The van der Waals surface area contributed by atoms with Gasteiger partial charge in [-0.3, -0.25) is 48.3 Å². The molecule has 8 N–H and O–H groups in total. The van der Waals surface area contributed by atoms with Crippen molar-refractivity contribution in [2.75, 3.05) is 0 Å². The summed E-state index contributed by atoms with van der Waals surface area (Å²) in [5.41, 5.74) is -2.33. The van der Waals surface area contributed by atoms with Crippen molar-refractivity contribution in [1.29, 1.82) is 0 Å². The number of carboxylic acid groups (broad SMARTS) is 8. The zero-order chi connectivity index (χ0) is 45.8. The van der Waals surface area contributed by atoms with E-state index in [0.29, 0.717) is 0 Å². The predicted molar refractivity (Wildman–Crippen MR) is 211 cm³/mol. The van der Waals surface area contributed by atoms with Gasteiger partial charge in [-0.05, 0) is 42.6 Å². The summed E-state index contributed by atoms with van der Waals surface area (Å²) in [5, 5.41) is 79.7. The van der Waals surface area contributed by atoms with E-state index >= 15 is 0 Å². The first-order valence-corrected chi connectivity index (χ1v) is 19.7. The predicted octanol–water partition coefficient (Wildman–Crippen LogP) is 3.91. The van der Waals surface area contributed by atoms with Gasteiger partial charge in [-0.15, -0.1) is 11.0 Å². The molecule has 3 aliphatic heterocycles. The van der Waals surface area contributed by atoms with Crippen LogP contribution in [0.1, 0.15) is 147 Å². The molecule has 0 saturated carbocycles. The van der Waals surface area contributed by atoms with Crippen molar-refractivity contribution in [3.05, 3.63) is 69.6 Å². The number of aliphatic carboxylic acids is 8. The number of aryl methyl sites for hydroxylation is 1. The van der Waals surface area contributed by atoms with Gasteiger partial charge in [0.15, 0.2) is 0 Å². The van der Waals surface area contributed by atoms with Crippen LogP contribution >= 0.6 is 0 Å². The summed E-state index contributed by atoms with van der Waals surface area (Å²) >= 11 is 0. The van der Waals surface area contributed by atoms with Gasteiger partial charge in [0.1, 0.15) is 0 Å². The zero-order valence-electron chi connectivity index (χ0n) is 34.1. The van der Waals surface area contributed by atoms with E-state index in [1.807, 2.05) is 0 Å². The second kappa shape index (κ2) is 19.8. The largest absolute Gasteiger partial charge is 3.00 e. The molecule has 0 aliphatic carbocycles. The fraction of sp³-hybridized carbons (Fsp3) is 0.476. The van der Waals surface area contributed by atoms with Crippen LogP contribution in [-0.2, 0) is 78.8 Å². The van der Waals surface area contributed by atoms with Crippen molar-refractivity contribution < 1.29 is 96.0 Å². The summed E-state index contributed by atoms with van der Waals surface area (Å²) in [6.07, 6.45) is -5.11. The standard InChI is InChI=1S/C42H47N4O16.Co/c1-41(17-39(59)60)23(5-9-35(51)52)29-14-27-21(11-37(55)56)19(3-7-33(47)48)25(43-27)13-26-20(4-8-34(49)50)22(12-38(57)58)28(44-26)15-31-42(2,18-40(61)62)24(6-10-36(53)54)30(46-31)16-32(41)45-29;/h13-16,19,21,23-24H,3-12,17-18H2,1-2H3,(H9,43,45,46,47,48,49,50,51,52,53,54,55,56,57,58,59,60,61,62);/q-1;+3/p-1. The number of carboxylic acids is 8. The molecule has 0 radical (unpaired) electrons. The van der Waals surface area contributed by atoms with Crippen molar-refractivity contribution in [2.24, 2.45) is 0 Å². The Morgan fingerprint density at radius 2 is 1.08 bits per heavy atom. The molecule has 2 aromatic rings. The van der Waals surface area contributed by atoms with Crippen LogP contribution in [0.5, 0.6) is 0 Å². The first kappa shape index (κ1) is 49.3. The summed E-state index contributed by atoms with van der Waals surface area (Å²) in [5.74, 6) is -14.0. The SMILES string of the molecule is CC1(CC(=O)O)c2cc3[n-]c(cc4nc(cc5[n-]c(cc(n2)C1CCC(=O)O)C(C)(CC(=O)O)C5CCC(=O)O)C(CC(=O)O)C4CCC(=O)O)c(CCC(=O)O)c3CC(=O)O.[Co+3]. The minimum absolute atomic E-state index is 0. The van der Waals surface area contributed by atoms with Crippen molar-refractivity contribution >= 4 is 58.8 Å². The van der Waals surface area contributed by atoms with Crippen molar-refractivity contribution in [3.8, 4) is 0 Å². The van der Waals surface area contributed by atoms with E-state index in [9.17, 15) is 79.2 Å². The molecule has 338 valence electrons. The van der Waals surface area contributed by atoms with Crippen molar-refractivity contribution in [2.45, 2.75) is 125 Å². The van der Waals surface area contributed by atoms with Crippen LogP contribution in [-0.4, -0.2) is 98.6 Å². The molecular weight excluding hydrogens is 875 g/mol. The number of aromatic nitrogens is 4. The Bertz CT molecular complexity index is 2410. The van der Waals surface area contributed by atoms with E-state index in [-0.39, 0.29) is 98.8 Å². The van der Waals surface area contributed by atoms with Gasteiger partial charge in [-0.1, -0.05) is 43.7 Å². The number of rotatable bonds is 20. The first-order chi connectivity index (χ1) is 29.0. The van der Waals surface area contributed by atoms with Crippen LogP contribution in [0.2, 0.25) is 0 Å². The maximum atomic E-state index is 12.6. The van der Waals surface area contributed by atoms with Gasteiger partial charge >= 0.3 is 64.5 Å². The average Bonchev–Trinajstić information content (AvgIpc) is 3.77. The summed E-state index contributed by atoms with van der Waals surface area (Å²) in [7, 11) is 0. The van der Waals surface area contributed by atoms with Gasteiger partial charge in [-0.25, -0.2) is 0 Å². The summed E-state index contributed by atoms with van der Waals surface area (Å²) in [6, 6.07) is 5.58. The number of fused-ring (bicyclic) bond motifs is 8. The molecule has 5 heterocycles. The van der Waals surface area contributed by atoms with Crippen molar-refractivity contribution in [1.82, 2.24) is 19.9 Å². The Balaban J connectivity index is 0.00000871. The average molecular weight is 922 g/mol. The van der Waals surface area contributed by atoms with Gasteiger partial charge in [0, 0.05) is 71.6 Å². The molecule has 5 rings (SSSR count). The van der Waals surface area contributed by atoms with E-state index in [0.717, 1.165) is 0 Å². The Kier molecular flexibility index (Phi) is 15.5.